The van der Waals surface area contributed by atoms with Gasteiger partial charge in [-0.1, -0.05) is 12.1 Å². The van der Waals surface area contributed by atoms with Gasteiger partial charge in [-0.25, -0.2) is 0 Å². The molecule has 2 aromatic carbocycles. The summed E-state index contributed by atoms with van der Waals surface area (Å²) in [6, 6.07) is 10.4. The lowest BCUT2D eigenvalue weighted by atomic mass is 10.1. The largest absolute Gasteiger partial charge is 0.454 e. The van der Waals surface area contributed by atoms with E-state index in [1.807, 2.05) is 6.07 Å². The standard InChI is InChI=1S/C17H16N2O4/c1-10-12(17(18)21)3-2-4-13(10)19-16(20)8-11-5-6-14-15(7-11)23-9-22-14/h2-7H,8-9H2,1H3,(H2,18,21)(H,19,20). The number of carbonyl (C=O) groups excluding carboxylic acids is 2. The van der Waals surface area contributed by atoms with Gasteiger partial charge in [-0.15, -0.1) is 0 Å². The number of anilines is 1. The third-order valence-corrected chi connectivity index (χ3v) is 3.68. The second-order valence-corrected chi connectivity index (χ2v) is 5.25. The minimum atomic E-state index is -0.519. The number of hydrogen-bond acceptors (Lipinski definition) is 4. The van der Waals surface area contributed by atoms with E-state index < -0.39 is 5.91 Å². The summed E-state index contributed by atoms with van der Waals surface area (Å²) >= 11 is 0. The summed E-state index contributed by atoms with van der Waals surface area (Å²) in [5.74, 6) is 0.615. The SMILES string of the molecule is Cc1c(NC(=O)Cc2ccc3c(c2)OCO3)cccc1C(N)=O. The topological polar surface area (TPSA) is 90.7 Å². The van der Waals surface area contributed by atoms with Crippen LogP contribution in [0.25, 0.3) is 0 Å². The van der Waals surface area contributed by atoms with Crippen LogP contribution in [0.3, 0.4) is 0 Å². The summed E-state index contributed by atoms with van der Waals surface area (Å²) in [4.78, 5) is 23.6. The molecule has 3 rings (SSSR count). The zero-order chi connectivity index (χ0) is 16.4. The normalized spacial score (nSPS) is 12.0. The van der Waals surface area contributed by atoms with Gasteiger partial charge in [-0.05, 0) is 42.3 Å². The van der Waals surface area contributed by atoms with Crippen molar-refractivity contribution in [2.75, 3.05) is 12.1 Å². The molecule has 0 spiro atoms. The van der Waals surface area contributed by atoms with E-state index in [1.54, 1.807) is 37.3 Å². The number of nitrogens with two attached hydrogens (primary N) is 1. The van der Waals surface area contributed by atoms with Gasteiger partial charge >= 0.3 is 0 Å². The van der Waals surface area contributed by atoms with E-state index in [0.717, 1.165) is 5.56 Å². The Morgan fingerprint density at radius 3 is 2.74 bits per heavy atom. The van der Waals surface area contributed by atoms with E-state index in [-0.39, 0.29) is 19.1 Å². The first kappa shape index (κ1) is 14.9. The molecular formula is C17H16N2O4. The van der Waals surface area contributed by atoms with Crippen LogP contribution in [-0.4, -0.2) is 18.6 Å². The molecule has 0 aliphatic carbocycles. The molecular weight excluding hydrogens is 296 g/mol. The molecule has 0 atom stereocenters. The van der Waals surface area contributed by atoms with Gasteiger partial charge in [0, 0.05) is 11.3 Å². The zero-order valence-electron chi connectivity index (χ0n) is 12.6. The number of benzene rings is 2. The molecule has 0 aromatic heterocycles. The molecule has 118 valence electrons. The maximum Gasteiger partial charge on any atom is 0.249 e. The third-order valence-electron chi connectivity index (χ3n) is 3.68. The quantitative estimate of drug-likeness (QED) is 0.903. The fraction of sp³-hybridized carbons (Fsp3) is 0.176. The van der Waals surface area contributed by atoms with Gasteiger partial charge in [0.25, 0.3) is 0 Å². The number of fused-ring (bicyclic) bond motifs is 1. The van der Waals surface area contributed by atoms with Gasteiger partial charge < -0.3 is 20.5 Å². The molecule has 0 saturated heterocycles. The Kier molecular flexibility index (Phi) is 3.89. The fourth-order valence-corrected chi connectivity index (χ4v) is 2.47. The maximum atomic E-state index is 12.2. The molecule has 0 fully saturated rings. The van der Waals surface area contributed by atoms with E-state index in [9.17, 15) is 9.59 Å². The zero-order valence-corrected chi connectivity index (χ0v) is 12.6. The van der Waals surface area contributed by atoms with Gasteiger partial charge in [0.15, 0.2) is 11.5 Å². The van der Waals surface area contributed by atoms with Crippen molar-refractivity contribution < 1.29 is 19.1 Å². The van der Waals surface area contributed by atoms with Crippen molar-refractivity contribution in [1.82, 2.24) is 0 Å². The Balaban J connectivity index is 1.73. The molecule has 2 aromatic rings. The highest BCUT2D eigenvalue weighted by Crippen LogP contribution is 2.32. The van der Waals surface area contributed by atoms with Crippen LogP contribution in [0, 0.1) is 6.92 Å². The van der Waals surface area contributed by atoms with Crippen molar-refractivity contribution in [3.05, 3.63) is 53.1 Å². The Labute approximate surface area is 133 Å². The average molecular weight is 312 g/mol. The van der Waals surface area contributed by atoms with Crippen LogP contribution in [0.2, 0.25) is 0 Å². The van der Waals surface area contributed by atoms with Crippen LogP contribution in [0.5, 0.6) is 11.5 Å². The van der Waals surface area contributed by atoms with Crippen molar-refractivity contribution in [1.29, 1.82) is 0 Å². The first-order valence-corrected chi connectivity index (χ1v) is 7.12. The van der Waals surface area contributed by atoms with Gasteiger partial charge in [0.05, 0.1) is 6.42 Å². The Hall–Kier alpha value is -3.02. The van der Waals surface area contributed by atoms with Crippen LogP contribution in [-0.2, 0) is 11.2 Å². The van der Waals surface area contributed by atoms with Crippen molar-refractivity contribution in [3.8, 4) is 11.5 Å². The monoisotopic (exact) mass is 312 g/mol. The molecule has 0 bridgehead atoms. The Bertz CT molecular complexity index is 786. The lowest BCUT2D eigenvalue weighted by molar-refractivity contribution is -0.115. The van der Waals surface area contributed by atoms with Crippen LogP contribution in [0.15, 0.2) is 36.4 Å². The number of hydrogen-bond donors (Lipinski definition) is 2. The van der Waals surface area contributed by atoms with Crippen LogP contribution in [0.4, 0.5) is 5.69 Å². The predicted octanol–water partition coefficient (Wildman–Crippen LogP) is 2.00. The van der Waals surface area contributed by atoms with E-state index in [1.165, 1.54) is 0 Å². The van der Waals surface area contributed by atoms with E-state index in [0.29, 0.717) is 28.3 Å². The number of carbonyl (C=O) groups is 2. The molecule has 6 heteroatoms. The van der Waals surface area contributed by atoms with Gasteiger partial charge in [0.2, 0.25) is 18.6 Å². The first-order valence-electron chi connectivity index (χ1n) is 7.12. The van der Waals surface area contributed by atoms with Gasteiger partial charge in [-0.2, -0.15) is 0 Å². The number of rotatable bonds is 4. The highest BCUT2D eigenvalue weighted by Gasteiger charge is 2.15. The maximum absolute atomic E-state index is 12.2. The van der Waals surface area contributed by atoms with Crippen molar-refractivity contribution in [2.45, 2.75) is 13.3 Å². The van der Waals surface area contributed by atoms with Crippen molar-refractivity contribution >= 4 is 17.5 Å². The fourth-order valence-electron chi connectivity index (χ4n) is 2.47. The third kappa shape index (κ3) is 3.11. The summed E-state index contributed by atoms with van der Waals surface area (Å²) in [6.45, 7) is 1.94. The van der Waals surface area contributed by atoms with Gasteiger partial charge in [-0.3, -0.25) is 9.59 Å². The Morgan fingerprint density at radius 2 is 1.96 bits per heavy atom. The minimum Gasteiger partial charge on any atom is -0.454 e. The summed E-state index contributed by atoms with van der Waals surface area (Å²) in [7, 11) is 0. The number of primary amides is 1. The van der Waals surface area contributed by atoms with Crippen LogP contribution < -0.4 is 20.5 Å². The molecule has 1 aliphatic rings. The molecule has 2 amide bonds. The Morgan fingerprint density at radius 1 is 1.17 bits per heavy atom. The van der Waals surface area contributed by atoms with Crippen molar-refractivity contribution in [3.63, 3.8) is 0 Å². The molecule has 0 unspecified atom stereocenters. The lowest BCUT2D eigenvalue weighted by Crippen LogP contribution is -2.18. The average Bonchev–Trinajstić information content (AvgIpc) is 2.96. The highest BCUT2D eigenvalue weighted by atomic mass is 16.7. The lowest BCUT2D eigenvalue weighted by Gasteiger charge is -2.11. The van der Waals surface area contributed by atoms with E-state index >= 15 is 0 Å². The molecule has 1 heterocycles. The summed E-state index contributed by atoms with van der Waals surface area (Å²) in [5.41, 5.74) is 7.75. The molecule has 0 saturated carbocycles. The summed E-state index contributed by atoms with van der Waals surface area (Å²) in [6.07, 6.45) is 0.191. The highest BCUT2D eigenvalue weighted by molar-refractivity contribution is 5.98. The van der Waals surface area contributed by atoms with E-state index in [2.05, 4.69) is 5.32 Å². The van der Waals surface area contributed by atoms with Gasteiger partial charge in [0.1, 0.15) is 0 Å². The van der Waals surface area contributed by atoms with E-state index in [4.69, 9.17) is 15.2 Å². The summed E-state index contributed by atoms with van der Waals surface area (Å²) in [5, 5.41) is 2.80. The van der Waals surface area contributed by atoms with Crippen LogP contribution in [0.1, 0.15) is 21.5 Å². The molecule has 3 N–H and O–H groups in total. The number of amides is 2. The molecule has 1 aliphatic heterocycles. The van der Waals surface area contributed by atoms with Crippen LogP contribution >= 0.6 is 0 Å². The molecule has 6 nitrogen and oxygen atoms in total. The second kappa shape index (κ2) is 6.00. The number of ether oxygens (including phenoxy) is 2. The second-order valence-electron chi connectivity index (χ2n) is 5.25. The number of nitrogens with one attached hydrogen (secondary N) is 1. The smallest absolute Gasteiger partial charge is 0.249 e. The predicted molar refractivity (Wildman–Crippen MR) is 84.6 cm³/mol. The summed E-state index contributed by atoms with van der Waals surface area (Å²) < 4.78 is 10.5. The minimum absolute atomic E-state index is 0.186. The van der Waals surface area contributed by atoms with Crippen molar-refractivity contribution in [2.24, 2.45) is 5.73 Å². The molecule has 23 heavy (non-hydrogen) atoms. The molecule has 0 radical (unpaired) electrons. The first-order chi connectivity index (χ1) is 11.0.